The third-order valence-electron chi connectivity index (χ3n) is 6.29. The lowest BCUT2D eigenvalue weighted by molar-refractivity contribution is 0.242. The molecular weight excluding hydrogens is 252 g/mol. The standard InChI is InChI=1S/C21H24/c1-19(2)14-21(18-12-8-7-11-17(18)19)13-15-9-5-6-10-16(15)20(21,3)4/h5-12H,13-14H2,1-4H3. The van der Waals surface area contributed by atoms with E-state index in [4.69, 9.17) is 0 Å². The van der Waals surface area contributed by atoms with Crippen molar-refractivity contribution in [3.8, 4) is 0 Å². The maximum absolute atomic E-state index is 2.46. The molecule has 0 saturated heterocycles. The van der Waals surface area contributed by atoms with Gasteiger partial charge in [0.05, 0.1) is 0 Å². The van der Waals surface area contributed by atoms with Crippen LogP contribution in [0.2, 0.25) is 0 Å². The van der Waals surface area contributed by atoms with Crippen LogP contribution < -0.4 is 0 Å². The minimum atomic E-state index is 0.202. The van der Waals surface area contributed by atoms with Crippen LogP contribution in [-0.2, 0) is 22.7 Å². The van der Waals surface area contributed by atoms with Gasteiger partial charge in [-0.05, 0) is 45.9 Å². The van der Waals surface area contributed by atoms with Crippen molar-refractivity contribution in [1.82, 2.24) is 0 Å². The van der Waals surface area contributed by atoms with Gasteiger partial charge in [0, 0.05) is 5.41 Å². The molecule has 0 radical (unpaired) electrons. The molecule has 108 valence electrons. The first kappa shape index (κ1) is 13.1. The summed E-state index contributed by atoms with van der Waals surface area (Å²) in [6.45, 7) is 9.74. The first-order chi connectivity index (χ1) is 9.88. The third-order valence-corrected chi connectivity index (χ3v) is 6.29. The van der Waals surface area contributed by atoms with Gasteiger partial charge in [0.25, 0.3) is 0 Å². The topological polar surface area (TPSA) is 0 Å². The summed E-state index contributed by atoms with van der Waals surface area (Å²) in [6, 6.07) is 18.2. The minimum Gasteiger partial charge on any atom is -0.0620 e. The van der Waals surface area contributed by atoms with Gasteiger partial charge in [-0.15, -0.1) is 0 Å². The Morgan fingerprint density at radius 3 is 1.95 bits per heavy atom. The molecule has 0 bridgehead atoms. The molecule has 1 unspecified atom stereocenters. The zero-order valence-electron chi connectivity index (χ0n) is 13.5. The second-order valence-electron chi connectivity index (χ2n) is 8.15. The van der Waals surface area contributed by atoms with E-state index in [0.29, 0.717) is 0 Å². The molecule has 1 spiro atoms. The van der Waals surface area contributed by atoms with Crippen LogP contribution in [0.5, 0.6) is 0 Å². The summed E-state index contributed by atoms with van der Waals surface area (Å²) in [5.74, 6) is 0. The predicted molar refractivity (Wildman–Crippen MR) is 88.9 cm³/mol. The number of hydrogen-bond acceptors (Lipinski definition) is 0. The Labute approximate surface area is 128 Å². The Morgan fingerprint density at radius 1 is 0.714 bits per heavy atom. The van der Waals surface area contributed by atoms with Crippen LogP contribution in [0.4, 0.5) is 0 Å². The van der Waals surface area contributed by atoms with Gasteiger partial charge in [0.2, 0.25) is 0 Å². The van der Waals surface area contributed by atoms with Crippen LogP contribution in [0, 0.1) is 0 Å². The quantitative estimate of drug-likeness (QED) is 0.625. The molecule has 0 nitrogen and oxygen atoms in total. The number of rotatable bonds is 0. The predicted octanol–water partition coefficient (Wildman–Crippen LogP) is 5.14. The molecule has 2 aliphatic carbocycles. The van der Waals surface area contributed by atoms with Crippen LogP contribution in [-0.4, -0.2) is 0 Å². The molecule has 0 heteroatoms. The summed E-state index contributed by atoms with van der Waals surface area (Å²) >= 11 is 0. The zero-order chi connectivity index (χ0) is 14.9. The summed E-state index contributed by atoms with van der Waals surface area (Å²) in [5, 5.41) is 0. The zero-order valence-corrected chi connectivity index (χ0v) is 13.5. The van der Waals surface area contributed by atoms with Crippen LogP contribution >= 0.6 is 0 Å². The van der Waals surface area contributed by atoms with E-state index in [-0.39, 0.29) is 16.2 Å². The second-order valence-corrected chi connectivity index (χ2v) is 8.15. The normalized spacial score (nSPS) is 27.6. The molecule has 0 heterocycles. The van der Waals surface area contributed by atoms with Crippen molar-refractivity contribution in [2.24, 2.45) is 0 Å². The molecule has 0 amide bonds. The summed E-state index contributed by atoms with van der Waals surface area (Å²) in [7, 11) is 0. The van der Waals surface area contributed by atoms with E-state index in [1.165, 1.54) is 12.8 Å². The van der Waals surface area contributed by atoms with Crippen molar-refractivity contribution in [2.75, 3.05) is 0 Å². The Hall–Kier alpha value is -1.56. The summed E-state index contributed by atoms with van der Waals surface area (Å²) in [5.41, 5.74) is 7.00. The van der Waals surface area contributed by atoms with Gasteiger partial charge >= 0.3 is 0 Å². The maximum atomic E-state index is 2.46. The molecule has 2 aromatic carbocycles. The van der Waals surface area contributed by atoms with Crippen LogP contribution in [0.15, 0.2) is 48.5 Å². The van der Waals surface area contributed by atoms with Crippen molar-refractivity contribution >= 4 is 0 Å². The average molecular weight is 276 g/mol. The van der Waals surface area contributed by atoms with Crippen LogP contribution in [0.3, 0.4) is 0 Å². The van der Waals surface area contributed by atoms with Gasteiger partial charge < -0.3 is 0 Å². The van der Waals surface area contributed by atoms with Gasteiger partial charge in [-0.1, -0.05) is 76.2 Å². The fourth-order valence-corrected chi connectivity index (χ4v) is 5.24. The Morgan fingerprint density at radius 2 is 1.29 bits per heavy atom. The van der Waals surface area contributed by atoms with Crippen molar-refractivity contribution in [3.05, 3.63) is 70.8 Å². The first-order valence-corrected chi connectivity index (χ1v) is 8.07. The van der Waals surface area contributed by atoms with Crippen molar-refractivity contribution in [2.45, 2.75) is 56.8 Å². The highest BCUT2D eigenvalue weighted by molar-refractivity contribution is 5.56. The summed E-state index contributed by atoms with van der Waals surface area (Å²) in [4.78, 5) is 0. The lowest BCUT2D eigenvalue weighted by Crippen LogP contribution is -2.41. The van der Waals surface area contributed by atoms with E-state index < -0.39 is 0 Å². The van der Waals surface area contributed by atoms with E-state index in [0.717, 1.165) is 0 Å². The molecule has 1 atom stereocenters. The molecule has 0 N–H and O–H groups in total. The Balaban J connectivity index is 2.00. The van der Waals surface area contributed by atoms with Gasteiger partial charge in [0.15, 0.2) is 0 Å². The lowest BCUT2D eigenvalue weighted by atomic mass is 9.62. The third kappa shape index (κ3) is 1.46. The molecule has 2 aliphatic rings. The van der Waals surface area contributed by atoms with Crippen molar-refractivity contribution in [3.63, 3.8) is 0 Å². The number of benzene rings is 2. The van der Waals surface area contributed by atoms with E-state index in [1.807, 2.05) is 0 Å². The van der Waals surface area contributed by atoms with Crippen molar-refractivity contribution in [1.29, 1.82) is 0 Å². The summed E-state index contributed by atoms with van der Waals surface area (Å²) < 4.78 is 0. The fraction of sp³-hybridized carbons (Fsp3) is 0.429. The highest BCUT2D eigenvalue weighted by Crippen LogP contribution is 2.63. The van der Waals surface area contributed by atoms with Crippen molar-refractivity contribution < 1.29 is 0 Å². The number of fused-ring (bicyclic) bond motifs is 3. The molecule has 0 aliphatic heterocycles. The Kier molecular flexibility index (Phi) is 2.37. The fourth-order valence-electron chi connectivity index (χ4n) is 5.24. The molecule has 0 fully saturated rings. The molecule has 4 rings (SSSR count). The van der Waals surface area contributed by atoms with Crippen LogP contribution in [0.1, 0.15) is 56.4 Å². The molecule has 0 saturated carbocycles. The smallest absolute Gasteiger partial charge is 0.00961 e. The highest BCUT2D eigenvalue weighted by atomic mass is 14.6. The second kappa shape index (κ2) is 3.80. The van der Waals surface area contributed by atoms with Gasteiger partial charge in [-0.25, -0.2) is 0 Å². The van der Waals surface area contributed by atoms with Crippen LogP contribution in [0.25, 0.3) is 0 Å². The van der Waals surface area contributed by atoms with E-state index in [1.54, 1.807) is 22.3 Å². The van der Waals surface area contributed by atoms with Gasteiger partial charge in [-0.3, -0.25) is 0 Å². The largest absolute Gasteiger partial charge is 0.0620 e. The molecule has 2 aromatic rings. The SMILES string of the molecule is CC1(C)CC2(Cc3ccccc3C2(C)C)c2ccccc21. The van der Waals surface area contributed by atoms with E-state index in [2.05, 4.69) is 76.2 Å². The maximum Gasteiger partial charge on any atom is 0.00961 e. The molecule has 21 heavy (non-hydrogen) atoms. The molecular formula is C21H24. The van der Waals surface area contributed by atoms with Gasteiger partial charge in [-0.2, -0.15) is 0 Å². The minimum absolute atomic E-state index is 0.202. The van der Waals surface area contributed by atoms with Gasteiger partial charge in [0.1, 0.15) is 0 Å². The highest BCUT2D eigenvalue weighted by Gasteiger charge is 2.59. The lowest BCUT2D eigenvalue weighted by Gasteiger charge is -2.41. The molecule has 0 aromatic heterocycles. The van der Waals surface area contributed by atoms with E-state index in [9.17, 15) is 0 Å². The van der Waals surface area contributed by atoms with E-state index >= 15 is 0 Å². The summed E-state index contributed by atoms with van der Waals surface area (Å²) in [6.07, 6.45) is 2.44. The number of hydrogen-bond donors (Lipinski definition) is 0. The average Bonchev–Trinajstić information content (AvgIpc) is 2.82. The Bertz CT molecular complexity index is 720. The monoisotopic (exact) mass is 276 g/mol. The first-order valence-electron chi connectivity index (χ1n) is 8.07.